The Balaban J connectivity index is 2.25. The van der Waals surface area contributed by atoms with Gasteiger partial charge in [0.05, 0.1) is 6.54 Å². The van der Waals surface area contributed by atoms with Crippen LogP contribution in [0.2, 0.25) is 0 Å². The zero-order chi connectivity index (χ0) is 14.2. The van der Waals surface area contributed by atoms with Gasteiger partial charge >= 0.3 is 17.8 Å². The molecule has 0 aliphatic carbocycles. The highest BCUT2D eigenvalue weighted by Gasteiger charge is 2.42. The number of carbonyl (C=O) groups is 3. The second-order valence-corrected chi connectivity index (χ2v) is 4.50. The largest absolute Gasteiger partial charge is 0.334 e. The molecule has 19 heavy (non-hydrogen) atoms. The van der Waals surface area contributed by atoms with Crippen molar-refractivity contribution in [1.29, 1.82) is 0 Å². The van der Waals surface area contributed by atoms with Crippen LogP contribution in [0.15, 0.2) is 18.2 Å². The van der Waals surface area contributed by atoms with Crippen molar-refractivity contribution in [3.63, 3.8) is 0 Å². The number of benzene rings is 1. The van der Waals surface area contributed by atoms with Crippen LogP contribution >= 0.6 is 0 Å². The van der Waals surface area contributed by atoms with Crippen LogP contribution in [0, 0.1) is 6.92 Å². The predicted molar refractivity (Wildman–Crippen MR) is 67.8 cm³/mol. The topological polar surface area (TPSA) is 83.7 Å². The second-order valence-electron chi connectivity index (χ2n) is 4.50. The molecule has 0 atom stereocenters. The Labute approximate surface area is 110 Å². The van der Waals surface area contributed by atoms with E-state index in [1.807, 2.05) is 25.1 Å². The van der Waals surface area contributed by atoms with E-state index in [2.05, 4.69) is 0 Å². The summed E-state index contributed by atoms with van der Waals surface area (Å²) < 4.78 is 0. The van der Waals surface area contributed by atoms with Crippen LogP contribution in [-0.2, 0) is 22.7 Å². The number of nitrogens with two attached hydrogens (primary N) is 1. The molecule has 0 radical (unpaired) electrons. The van der Waals surface area contributed by atoms with Crippen molar-refractivity contribution < 1.29 is 14.4 Å². The molecule has 1 fully saturated rings. The summed E-state index contributed by atoms with van der Waals surface area (Å²) in [5.74, 6) is -1.57. The lowest BCUT2D eigenvalue weighted by molar-refractivity contribution is -0.143. The van der Waals surface area contributed by atoms with Crippen molar-refractivity contribution in [3.8, 4) is 0 Å². The molecule has 2 N–H and O–H groups in total. The van der Waals surface area contributed by atoms with Gasteiger partial charge in [-0.25, -0.2) is 4.79 Å². The van der Waals surface area contributed by atoms with Gasteiger partial charge < -0.3 is 5.73 Å². The number of aryl methyl sites for hydroxylation is 1. The standard InChI is InChI=1S/C13H15N3O3/c1-8-5-9(6-14)3-4-10(8)7-16-12(18)11(17)15(2)13(16)19/h3-5H,6-7,14H2,1-2H3. The quantitative estimate of drug-likeness (QED) is 0.629. The normalized spacial score (nSPS) is 15.6. The van der Waals surface area contributed by atoms with Crippen LogP contribution in [0.4, 0.5) is 4.79 Å². The highest BCUT2D eigenvalue weighted by atomic mass is 16.2. The maximum Gasteiger partial charge on any atom is 0.334 e. The van der Waals surface area contributed by atoms with Gasteiger partial charge in [-0.3, -0.25) is 19.4 Å². The van der Waals surface area contributed by atoms with Crippen LogP contribution in [0.25, 0.3) is 0 Å². The van der Waals surface area contributed by atoms with Crippen molar-refractivity contribution >= 4 is 17.8 Å². The minimum atomic E-state index is -0.791. The Bertz CT molecular complexity index is 568. The Kier molecular flexibility index (Phi) is 3.35. The summed E-state index contributed by atoms with van der Waals surface area (Å²) in [7, 11) is 1.30. The third kappa shape index (κ3) is 2.22. The molecule has 0 unspecified atom stereocenters. The van der Waals surface area contributed by atoms with Crippen molar-refractivity contribution in [3.05, 3.63) is 34.9 Å². The molecular weight excluding hydrogens is 246 g/mol. The molecule has 0 aromatic heterocycles. The summed E-state index contributed by atoms with van der Waals surface area (Å²) >= 11 is 0. The first-order valence-corrected chi connectivity index (χ1v) is 5.87. The van der Waals surface area contributed by atoms with Crippen LogP contribution in [0.5, 0.6) is 0 Å². The Hall–Kier alpha value is -2.21. The molecule has 2 rings (SSSR count). The van der Waals surface area contributed by atoms with Gasteiger partial charge in [0.2, 0.25) is 0 Å². The first kappa shape index (κ1) is 13.2. The number of hydrogen-bond donors (Lipinski definition) is 1. The van der Waals surface area contributed by atoms with E-state index in [-0.39, 0.29) is 6.54 Å². The molecule has 4 amide bonds. The number of likely N-dealkylation sites (N-methyl/N-ethyl adjacent to an activating group) is 1. The Morgan fingerprint density at radius 2 is 1.84 bits per heavy atom. The summed E-state index contributed by atoms with van der Waals surface area (Å²) in [6, 6.07) is 4.99. The van der Waals surface area contributed by atoms with E-state index in [1.54, 1.807) is 0 Å². The molecule has 1 saturated heterocycles. The molecule has 1 heterocycles. The number of urea groups is 1. The lowest BCUT2D eigenvalue weighted by Crippen LogP contribution is -2.31. The van der Waals surface area contributed by atoms with Crippen molar-refractivity contribution in [2.24, 2.45) is 5.73 Å². The molecule has 0 bridgehead atoms. The molecule has 6 heteroatoms. The molecule has 1 aromatic carbocycles. The van der Waals surface area contributed by atoms with E-state index in [1.165, 1.54) is 7.05 Å². The maximum absolute atomic E-state index is 11.8. The minimum Gasteiger partial charge on any atom is -0.326 e. The number of nitrogens with zero attached hydrogens (tertiary/aromatic N) is 2. The molecule has 0 spiro atoms. The van der Waals surface area contributed by atoms with Gasteiger partial charge in [-0.05, 0) is 23.6 Å². The number of hydrogen-bond acceptors (Lipinski definition) is 4. The van der Waals surface area contributed by atoms with Gasteiger partial charge in [-0.15, -0.1) is 0 Å². The van der Waals surface area contributed by atoms with Gasteiger partial charge in [0.1, 0.15) is 0 Å². The average molecular weight is 261 g/mol. The van der Waals surface area contributed by atoms with E-state index in [0.717, 1.165) is 26.5 Å². The lowest BCUT2D eigenvalue weighted by atomic mass is 10.0. The van der Waals surface area contributed by atoms with Crippen molar-refractivity contribution in [2.45, 2.75) is 20.0 Å². The van der Waals surface area contributed by atoms with Gasteiger partial charge in [-0.2, -0.15) is 0 Å². The van der Waals surface area contributed by atoms with E-state index in [0.29, 0.717) is 6.54 Å². The number of rotatable bonds is 3. The Morgan fingerprint density at radius 1 is 1.16 bits per heavy atom. The fourth-order valence-electron chi connectivity index (χ4n) is 1.99. The minimum absolute atomic E-state index is 0.102. The summed E-state index contributed by atoms with van der Waals surface area (Å²) in [6.45, 7) is 2.42. The van der Waals surface area contributed by atoms with E-state index in [9.17, 15) is 14.4 Å². The fraction of sp³-hybridized carbons (Fsp3) is 0.308. The van der Waals surface area contributed by atoms with Crippen molar-refractivity contribution in [1.82, 2.24) is 9.80 Å². The first-order valence-electron chi connectivity index (χ1n) is 5.87. The number of imide groups is 2. The third-order valence-electron chi connectivity index (χ3n) is 3.22. The smallest absolute Gasteiger partial charge is 0.326 e. The summed E-state index contributed by atoms with van der Waals surface area (Å²) in [5.41, 5.74) is 8.28. The molecular formula is C13H15N3O3. The van der Waals surface area contributed by atoms with Crippen LogP contribution in [0.1, 0.15) is 16.7 Å². The molecule has 100 valence electrons. The summed E-state index contributed by atoms with van der Waals surface area (Å²) in [4.78, 5) is 36.6. The fourth-order valence-corrected chi connectivity index (χ4v) is 1.99. The van der Waals surface area contributed by atoms with Crippen molar-refractivity contribution in [2.75, 3.05) is 7.05 Å². The van der Waals surface area contributed by atoms with Gasteiger partial charge in [-0.1, -0.05) is 18.2 Å². The number of amides is 4. The molecule has 1 aromatic rings. The Morgan fingerprint density at radius 3 is 2.32 bits per heavy atom. The van der Waals surface area contributed by atoms with E-state index in [4.69, 9.17) is 5.73 Å². The zero-order valence-electron chi connectivity index (χ0n) is 10.8. The third-order valence-corrected chi connectivity index (χ3v) is 3.22. The van der Waals surface area contributed by atoms with Crippen LogP contribution < -0.4 is 5.73 Å². The van der Waals surface area contributed by atoms with E-state index >= 15 is 0 Å². The molecule has 6 nitrogen and oxygen atoms in total. The summed E-state index contributed by atoms with van der Waals surface area (Å²) in [5, 5.41) is 0. The maximum atomic E-state index is 11.8. The second kappa shape index (κ2) is 4.81. The number of carbonyl (C=O) groups excluding carboxylic acids is 3. The molecule has 1 aliphatic heterocycles. The van der Waals surface area contributed by atoms with Crippen LogP contribution in [0.3, 0.4) is 0 Å². The van der Waals surface area contributed by atoms with Gasteiger partial charge in [0.25, 0.3) is 0 Å². The zero-order valence-corrected chi connectivity index (χ0v) is 10.8. The lowest BCUT2D eigenvalue weighted by Gasteiger charge is -2.15. The van der Waals surface area contributed by atoms with E-state index < -0.39 is 17.8 Å². The van der Waals surface area contributed by atoms with Gasteiger partial charge in [0, 0.05) is 13.6 Å². The van der Waals surface area contributed by atoms with Gasteiger partial charge in [0.15, 0.2) is 0 Å². The monoisotopic (exact) mass is 261 g/mol. The highest BCUT2D eigenvalue weighted by molar-refractivity contribution is 6.44. The summed E-state index contributed by atoms with van der Waals surface area (Å²) in [6.07, 6.45) is 0. The molecule has 1 aliphatic rings. The average Bonchev–Trinajstić information content (AvgIpc) is 2.58. The first-order chi connectivity index (χ1) is 8.95. The predicted octanol–water partition coefficient (Wildman–Crippen LogP) is 0.374. The highest BCUT2D eigenvalue weighted by Crippen LogP contribution is 2.18. The SMILES string of the molecule is Cc1cc(CN)ccc1CN1C(=O)C(=O)N(C)C1=O. The van der Waals surface area contributed by atoms with Crippen LogP contribution in [-0.4, -0.2) is 34.7 Å². The molecule has 0 saturated carbocycles.